The van der Waals surface area contributed by atoms with Gasteiger partial charge in [0.15, 0.2) is 10.5 Å². The lowest BCUT2D eigenvalue weighted by molar-refractivity contribution is 0.0700. The van der Waals surface area contributed by atoms with Crippen molar-refractivity contribution in [3.8, 4) is 11.3 Å². The molecule has 116 valence electrons. The van der Waals surface area contributed by atoms with Crippen LogP contribution in [0.3, 0.4) is 0 Å². The number of benzene rings is 1. The van der Waals surface area contributed by atoms with E-state index in [2.05, 4.69) is 9.97 Å². The molecule has 4 rings (SSSR count). The van der Waals surface area contributed by atoms with Gasteiger partial charge < -0.3 is 9.52 Å². The Labute approximate surface area is 132 Å². The molecule has 0 spiro atoms. The zero-order valence-corrected chi connectivity index (χ0v) is 12.8. The van der Waals surface area contributed by atoms with E-state index in [1.54, 1.807) is 16.5 Å². The Morgan fingerprint density at radius 1 is 1.48 bits per heavy atom. The lowest BCUT2D eigenvalue weighted by atomic mass is 10.1. The van der Waals surface area contributed by atoms with E-state index >= 15 is 0 Å². The minimum absolute atomic E-state index is 0.314. The molecule has 0 aliphatic rings. The first kappa shape index (κ1) is 13.8. The number of oxazole rings is 1. The molecule has 0 atom stereocenters. The van der Waals surface area contributed by atoms with Crippen LogP contribution in [0, 0.1) is 0 Å². The number of H-pyrrole nitrogens is 1. The van der Waals surface area contributed by atoms with Crippen LogP contribution >= 0.6 is 11.3 Å². The number of thiazole rings is 1. The molecule has 0 radical (unpaired) electrons. The summed E-state index contributed by atoms with van der Waals surface area (Å²) in [5.41, 5.74) is 3.32. The van der Waals surface area contributed by atoms with Crippen molar-refractivity contribution in [3.05, 3.63) is 45.5 Å². The molecule has 0 bridgehead atoms. The second kappa shape index (κ2) is 4.82. The lowest BCUT2D eigenvalue weighted by Gasteiger charge is -1.97. The number of fused-ring (bicyclic) bond motifs is 2. The normalized spacial score (nSPS) is 11.5. The van der Waals surface area contributed by atoms with Gasteiger partial charge in [0.2, 0.25) is 0 Å². The Morgan fingerprint density at radius 2 is 2.30 bits per heavy atom. The number of nitrogens with one attached hydrogen (secondary N) is 1. The minimum Gasteiger partial charge on any atom is -0.477 e. The number of carboxylic acids is 1. The molecule has 0 unspecified atom stereocenters. The van der Waals surface area contributed by atoms with Crippen molar-refractivity contribution >= 4 is 33.4 Å². The molecule has 8 heteroatoms. The summed E-state index contributed by atoms with van der Waals surface area (Å²) in [6, 6.07) is 5.33. The molecule has 0 fully saturated rings. The summed E-state index contributed by atoms with van der Waals surface area (Å²) in [6.07, 6.45) is 2.41. The largest absolute Gasteiger partial charge is 0.477 e. The first-order chi connectivity index (χ1) is 11.1. The predicted octanol–water partition coefficient (Wildman–Crippen LogP) is 2.76. The first-order valence-electron chi connectivity index (χ1n) is 6.94. The first-order valence-corrected chi connectivity index (χ1v) is 7.75. The van der Waals surface area contributed by atoms with E-state index < -0.39 is 11.7 Å². The second-order valence-electron chi connectivity index (χ2n) is 5.04. The second-order valence-corrected chi connectivity index (χ2v) is 6.02. The van der Waals surface area contributed by atoms with Gasteiger partial charge in [0.05, 0.1) is 11.2 Å². The van der Waals surface area contributed by atoms with Crippen molar-refractivity contribution in [3.63, 3.8) is 0 Å². The summed E-state index contributed by atoms with van der Waals surface area (Å²) < 4.78 is 6.87. The van der Waals surface area contributed by atoms with Crippen LogP contribution in [0.5, 0.6) is 0 Å². The highest BCUT2D eigenvalue weighted by molar-refractivity contribution is 7.19. The highest BCUT2D eigenvalue weighted by Crippen LogP contribution is 2.29. The van der Waals surface area contributed by atoms with Crippen LogP contribution in [0.1, 0.15) is 22.3 Å². The summed E-state index contributed by atoms with van der Waals surface area (Å²) in [5, 5.41) is 9.25. The molecule has 4 aromatic rings. The van der Waals surface area contributed by atoms with E-state index in [-0.39, 0.29) is 0 Å². The summed E-state index contributed by atoms with van der Waals surface area (Å²) in [4.78, 5) is 30.5. The van der Waals surface area contributed by atoms with Crippen molar-refractivity contribution in [1.82, 2.24) is 14.4 Å². The number of hydrogen-bond acceptors (Lipinski definition) is 5. The van der Waals surface area contributed by atoms with Crippen LogP contribution in [0.2, 0.25) is 0 Å². The molecule has 0 aliphatic heterocycles. The molecule has 0 aliphatic carbocycles. The van der Waals surface area contributed by atoms with E-state index in [0.717, 1.165) is 22.6 Å². The maximum Gasteiger partial charge on any atom is 0.417 e. The van der Waals surface area contributed by atoms with Gasteiger partial charge in [-0.3, -0.25) is 9.38 Å². The average Bonchev–Trinajstić information content (AvgIpc) is 3.15. The van der Waals surface area contributed by atoms with Crippen LogP contribution in [-0.2, 0) is 6.42 Å². The quantitative estimate of drug-likeness (QED) is 0.602. The average molecular weight is 329 g/mol. The summed E-state index contributed by atoms with van der Waals surface area (Å²) in [5.74, 6) is -1.43. The molecular weight excluding hydrogens is 318 g/mol. The molecule has 1 aromatic carbocycles. The molecular formula is C15H11N3O4S. The number of carboxylic acid groups (broad SMARTS) is 1. The van der Waals surface area contributed by atoms with Gasteiger partial charge in [-0.1, -0.05) is 24.3 Å². The van der Waals surface area contributed by atoms with E-state index in [4.69, 9.17) is 4.42 Å². The molecule has 2 N–H and O–H groups in total. The summed E-state index contributed by atoms with van der Waals surface area (Å²) >= 11 is 1.15. The molecule has 7 nitrogen and oxygen atoms in total. The molecule has 23 heavy (non-hydrogen) atoms. The molecule has 0 amide bonds. The lowest BCUT2D eigenvalue weighted by Crippen LogP contribution is -1.99. The van der Waals surface area contributed by atoms with Crippen LogP contribution in [0.15, 0.2) is 33.6 Å². The predicted molar refractivity (Wildman–Crippen MR) is 85.2 cm³/mol. The third kappa shape index (κ3) is 2.07. The van der Waals surface area contributed by atoms with E-state index in [9.17, 15) is 14.7 Å². The number of aryl methyl sites for hydroxylation is 1. The Kier molecular flexibility index (Phi) is 2.88. The number of aromatic nitrogens is 3. The Bertz CT molecular complexity index is 1120. The topological polar surface area (TPSA) is 101 Å². The molecule has 3 heterocycles. The minimum atomic E-state index is -0.936. The Balaban J connectivity index is 1.89. The fourth-order valence-electron chi connectivity index (χ4n) is 2.63. The van der Waals surface area contributed by atoms with Crippen LogP contribution in [-0.4, -0.2) is 25.4 Å². The van der Waals surface area contributed by atoms with E-state index in [1.807, 2.05) is 19.2 Å². The molecule has 0 saturated heterocycles. The van der Waals surface area contributed by atoms with Crippen molar-refractivity contribution in [1.29, 1.82) is 0 Å². The smallest absolute Gasteiger partial charge is 0.417 e. The number of rotatable bonds is 3. The third-order valence-corrected chi connectivity index (χ3v) is 4.75. The summed E-state index contributed by atoms with van der Waals surface area (Å²) in [6.45, 7) is 1.91. The van der Waals surface area contributed by atoms with E-state index in [0.29, 0.717) is 33.1 Å². The highest BCUT2D eigenvalue weighted by atomic mass is 32.1. The third-order valence-electron chi connectivity index (χ3n) is 3.67. The maximum absolute atomic E-state index is 11.3. The van der Waals surface area contributed by atoms with Crippen LogP contribution in [0.25, 0.3) is 27.3 Å². The van der Waals surface area contributed by atoms with Crippen molar-refractivity contribution < 1.29 is 14.3 Å². The standard InChI is InChI=1S/C15H11N3O4S/c1-2-10-12(13(19)20)23-14-16-9(6-18(10)14)7-3-4-8-11(5-7)22-15(21)17-8/h3-6H,2H2,1H3,(H,17,21)(H,19,20). The van der Waals surface area contributed by atoms with Crippen LogP contribution in [0.4, 0.5) is 0 Å². The number of nitrogens with zero attached hydrogens (tertiary/aromatic N) is 2. The molecule has 3 aromatic heterocycles. The van der Waals surface area contributed by atoms with Gasteiger partial charge >= 0.3 is 11.7 Å². The van der Waals surface area contributed by atoms with Gasteiger partial charge in [-0.2, -0.15) is 0 Å². The van der Waals surface area contributed by atoms with Gasteiger partial charge in [-0.25, -0.2) is 14.6 Å². The fraction of sp³-hybridized carbons (Fsp3) is 0.133. The van der Waals surface area contributed by atoms with E-state index in [1.165, 1.54) is 0 Å². The Morgan fingerprint density at radius 3 is 3.04 bits per heavy atom. The van der Waals surface area contributed by atoms with Gasteiger partial charge in [-0.15, -0.1) is 0 Å². The van der Waals surface area contributed by atoms with Gasteiger partial charge in [-0.05, 0) is 18.6 Å². The van der Waals surface area contributed by atoms with Gasteiger partial charge in [0.25, 0.3) is 0 Å². The number of imidazole rings is 1. The number of carbonyl (C=O) groups is 1. The molecule has 0 saturated carbocycles. The van der Waals surface area contributed by atoms with Crippen LogP contribution < -0.4 is 5.76 Å². The number of aromatic carboxylic acids is 1. The van der Waals surface area contributed by atoms with Crippen molar-refractivity contribution in [2.45, 2.75) is 13.3 Å². The zero-order valence-electron chi connectivity index (χ0n) is 12.0. The fourth-order valence-corrected chi connectivity index (χ4v) is 3.67. The maximum atomic E-state index is 11.3. The Hall–Kier alpha value is -2.87. The van der Waals surface area contributed by atoms with Crippen molar-refractivity contribution in [2.75, 3.05) is 0 Å². The summed E-state index contributed by atoms with van der Waals surface area (Å²) in [7, 11) is 0. The number of aromatic amines is 1. The monoisotopic (exact) mass is 329 g/mol. The zero-order chi connectivity index (χ0) is 16.1. The van der Waals surface area contributed by atoms with Crippen molar-refractivity contribution in [2.24, 2.45) is 0 Å². The SMILES string of the molecule is CCc1c(C(=O)O)sc2nc(-c3ccc4[nH]c(=O)oc4c3)cn12. The van der Waals surface area contributed by atoms with Gasteiger partial charge in [0.1, 0.15) is 4.88 Å². The highest BCUT2D eigenvalue weighted by Gasteiger charge is 2.19. The van der Waals surface area contributed by atoms with Gasteiger partial charge in [0, 0.05) is 17.5 Å². The number of hydrogen-bond donors (Lipinski definition) is 2.